The van der Waals surface area contributed by atoms with Crippen molar-refractivity contribution in [2.24, 2.45) is 5.41 Å². The second-order valence-electron chi connectivity index (χ2n) is 19.3. The average molecular weight is 976 g/mol. The Morgan fingerprint density at radius 3 is 2.33 bits per heavy atom. The Bertz CT molecular complexity index is 2550. The van der Waals surface area contributed by atoms with Crippen LogP contribution in [0.4, 0.5) is 11.5 Å². The summed E-state index contributed by atoms with van der Waals surface area (Å²) in [6.07, 6.45) is 3.11. The summed E-state index contributed by atoms with van der Waals surface area (Å²) < 4.78 is 5.95. The molecule has 2 aromatic heterocycles. The van der Waals surface area contributed by atoms with Gasteiger partial charge in [-0.15, -0.1) is 21.5 Å². The van der Waals surface area contributed by atoms with Crippen LogP contribution >= 0.6 is 11.3 Å². The maximum atomic E-state index is 14.1. The summed E-state index contributed by atoms with van der Waals surface area (Å²) in [7, 11) is 3.84. The molecule has 3 aromatic carbocycles. The number of nitrogens with two attached hydrogens (primary N) is 1. The smallest absolute Gasteiger partial charge is 0.246 e. The number of benzene rings is 3. The second-order valence-corrected chi connectivity index (χ2v) is 20.1. The molecule has 4 amide bonds. The highest BCUT2D eigenvalue weighted by molar-refractivity contribution is 7.13. The van der Waals surface area contributed by atoms with Gasteiger partial charge < -0.3 is 46.0 Å². The number of para-hydroxylation sites is 1. The molecule has 374 valence electrons. The number of β-amino-alcohol motifs (C(OH)–C–C–N with tert-alkyl or cyclic N) is 1. The maximum absolute atomic E-state index is 14.1. The second kappa shape index (κ2) is 24.3. The van der Waals surface area contributed by atoms with Crippen molar-refractivity contribution in [3.8, 4) is 33.2 Å². The zero-order chi connectivity index (χ0) is 50.5. The van der Waals surface area contributed by atoms with Crippen molar-refractivity contribution in [1.82, 2.24) is 35.6 Å². The van der Waals surface area contributed by atoms with Gasteiger partial charge in [-0.05, 0) is 79.5 Å². The lowest BCUT2D eigenvalue weighted by Crippen LogP contribution is -2.57. The highest BCUT2D eigenvalue weighted by Gasteiger charge is 2.44. The minimum absolute atomic E-state index is 0.00252. The molecule has 0 unspecified atom stereocenters. The first-order chi connectivity index (χ1) is 33.4. The van der Waals surface area contributed by atoms with Gasteiger partial charge >= 0.3 is 0 Å². The van der Waals surface area contributed by atoms with Gasteiger partial charge in [-0.3, -0.25) is 19.2 Å². The summed E-state index contributed by atoms with van der Waals surface area (Å²) in [5.41, 5.74) is 13.2. The Morgan fingerprint density at radius 1 is 0.929 bits per heavy atom. The number of phenolic OH excluding ortho intramolecular Hbond substituents is 1. The fourth-order valence-corrected chi connectivity index (χ4v) is 9.31. The summed E-state index contributed by atoms with van der Waals surface area (Å²) in [6, 6.07) is 22.6. The van der Waals surface area contributed by atoms with E-state index in [-0.39, 0.29) is 54.7 Å². The number of rotatable bonds is 22. The lowest BCUT2D eigenvalue weighted by Gasteiger charge is -2.35. The van der Waals surface area contributed by atoms with Crippen LogP contribution in [0.3, 0.4) is 0 Å². The molecule has 0 spiro atoms. The van der Waals surface area contributed by atoms with E-state index in [0.29, 0.717) is 62.3 Å². The van der Waals surface area contributed by atoms with Crippen molar-refractivity contribution in [2.75, 3.05) is 51.0 Å². The molecule has 1 aliphatic rings. The number of likely N-dealkylation sites (tertiary alicyclic amines) is 1. The van der Waals surface area contributed by atoms with Crippen LogP contribution in [0.25, 0.3) is 21.7 Å². The molecule has 6 rings (SSSR count). The lowest BCUT2D eigenvalue weighted by atomic mass is 9.85. The number of nitrogens with one attached hydrogen (secondary N) is 2. The van der Waals surface area contributed by atoms with Crippen molar-refractivity contribution < 1.29 is 34.1 Å². The molecule has 0 aliphatic carbocycles. The number of ether oxygens (including phenoxy) is 1. The molecule has 3 heterocycles. The molecule has 0 bridgehead atoms. The van der Waals surface area contributed by atoms with Crippen LogP contribution < -0.4 is 26.0 Å². The summed E-state index contributed by atoms with van der Waals surface area (Å²) >= 11 is 1.58. The number of carbonyl (C=O) groups is 4. The molecule has 17 heteroatoms. The molecule has 5 aromatic rings. The largest absolute Gasteiger partial charge is 0.507 e. The van der Waals surface area contributed by atoms with E-state index in [2.05, 4.69) is 55.0 Å². The van der Waals surface area contributed by atoms with Gasteiger partial charge in [-0.1, -0.05) is 75.7 Å². The van der Waals surface area contributed by atoms with Gasteiger partial charge in [-0.2, -0.15) is 0 Å². The summed E-state index contributed by atoms with van der Waals surface area (Å²) in [5.74, 6) is -0.309. The number of phenols is 1. The SMILES string of the molecule is Cc1ncsc1-c1ccc([C@H](C)NC(=O)[C@@H]2C[C@@H](O)CN2C(=O)[C@@H](NC(=O)CCCCCC(=O)N(C)CCCN(C)c2ccc(CCOc3cc(-c4ccccc4O)nnc3N)cc2)C(C)(C)C)cc1. The fraction of sp³-hybridized carbons (Fsp3) is 0.453. The van der Waals surface area contributed by atoms with Crippen molar-refractivity contribution in [3.05, 3.63) is 101 Å². The average Bonchev–Trinajstić information content (AvgIpc) is 3.96. The molecule has 1 fully saturated rings. The first-order valence-electron chi connectivity index (χ1n) is 24.1. The number of anilines is 2. The van der Waals surface area contributed by atoms with E-state index in [4.69, 9.17) is 10.5 Å². The third kappa shape index (κ3) is 14.2. The van der Waals surface area contributed by atoms with E-state index < -0.39 is 29.5 Å². The van der Waals surface area contributed by atoms with Gasteiger partial charge in [0.25, 0.3) is 0 Å². The number of aromatic nitrogens is 3. The number of thiazole rings is 1. The number of aliphatic hydroxyl groups excluding tert-OH is 1. The van der Waals surface area contributed by atoms with Crippen molar-refractivity contribution >= 4 is 46.5 Å². The molecule has 0 radical (unpaired) electrons. The topological polar surface area (TPSA) is 216 Å². The van der Waals surface area contributed by atoms with E-state index in [1.807, 2.05) is 84.6 Å². The number of hydrogen-bond donors (Lipinski definition) is 5. The zero-order valence-corrected chi connectivity index (χ0v) is 42.3. The van der Waals surface area contributed by atoms with Crippen LogP contribution in [0.1, 0.15) is 95.5 Å². The third-order valence-electron chi connectivity index (χ3n) is 12.8. The summed E-state index contributed by atoms with van der Waals surface area (Å²) in [4.78, 5) is 64.8. The Morgan fingerprint density at radius 2 is 1.64 bits per heavy atom. The van der Waals surface area contributed by atoms with E-state index in [9.17, 15) is 29.4 Å². The van der Waals surface area contributed by atoms with Gasteiger partial charge in [0.1, 0.15) is 23.5 Å². The number of hydrogen-bond acceptors (Lipinski definition) is 13. The highest BCUT2D eigenvalue weighted by Crippen LogP contribution is 2.32. The van der Waals surface area contributed by atoms with Crippen LogP contribution in [0.5, 0.6) is 11.5 Å². The van der Waals surface area contributed by atoms with Gasteiger partial charge in [-0.25, -0.2) is 4.98 Å². The number of carbonyl (C=O) groups excluding carboxylic acids is 4. The lowest BCUT2D eigenvalue weighted by molar-refractivity contribution is -0.144. The van der Waals surface area contributed by atoms with E-state index >= 15 is 0 Å². The molecular formula is C53H69N9O7S. The van der Waals surface area contributed by atoms with Crippen LogP contribution in [0, 0.1) is 12.3 Å². The van der Waals surface area contributed by atoms with Crippen LogP contribution in [0.15, 0.2) is 84.4 Å². The molecule has 1 saturated heterocycles. The number of nitrogen functional groups attached to an aromatic ring is 1. The maximum Gasteiger partial charge on any atom is 0.246 e. The molecule has 16 nitrogen and oxygen atoms in total. The van der Waals surface area contributed by atoms with Gasteiger partial charge in [0, 0.05) is 76.7 Å². The Balaban J connectivity index is 0.870. The number of aliphatic hydroxyl groups is 1. The quantitative estimate of drug-likeness (QED) is 0.0440. The molecular weight excluding hydrogens is 907 g/mol. The van der Waals surface area contributed by atoms with Gasteiger partial charge in [0.15, 0.2) is 11.6 Å². The highest BCUT2D eigenvalue weighted by atomic mass is 32.1. The molecule has 4 atom stereocenters. The predicted octanol–water partition coefficient (Wildman–Crippen LogP) is 7.09. The monoisotopic (exact) mass is 976 g/mol. The third-order valence-corrected chi connectivity index (χ3v) is 13.7. The number of aromatic hydroxyl groups is 1. The Labute approximate surface area is 415 Å². The van der Waals surface area contributed by atoms with Gasteiger partial charge in [0.2, 0.25) is 23.6 Å². The van der Waals surface area contributed by atoms with E-state index in [1.54, 1.807) is 40.5 Å². The van der Waals surface area contributed by atoms with E-state index in [0.717, 1.165) is 45.9 Å². The first kappa shape index (κ1) is 52.8. The van der Waals surface area contributed by atoms with Crippen molar-refractivity contribution in [1.29, 1.82) is 0 Å². The van der Waals surface area contributed by atoms with Crippen molar-refractivity contribution in [3.63, 3.8) is 0 Å². The van der Waals surface area contributed by atoms with Crippen molar-refractivity contribution in [2.45, 2.75) is 110 Å². The van der Waals surface area contributed by atoms with Gasteiger partial charge in [0.05, 0.1) is 34.8 Å². The minimum atomic E-state index is -0.912. The zero-order valence-electron chi connectivity index (χ0n) is 41.5. The fourth-order valence-electron chi connectivity index (χ4n) is 8.49. The molecule has 6 N–H and O–H groups in total. The van der Waals surface area contributed by atoms with E-state index in [1.165, 1.54) is 4.90 Å². The normalized spacial score (nSPS) is 15.5. The number of unbranched alkanes of at least 4 members (excludes halogenated alkanes) is 2. The number of nitrogens with zero attached hydrogens (tertiary/aromatic N) is 6. The Kier molecular flexibility index (Phi) is 18.3. The van der Waals surface area contributed by atoms with Crippen LogP contribution in [-0.4, -0.2) is 117 Å². The number of amides is 4. The molecule has 70 heavy (non-hydrogen) atoms. The van der Waals surface area contributed by atoms with Crippen LogP contribution in [-0.2, 0) is 25.6 Å². The van der Waals surface area contributed by atoms with Crippen LogP contribution in [0.2, 0.25) is 0 Å². The molecule has 1 aliphatic heterocycles. The first-order valence-corrected chi connectivity index (χ1v) is 24.9. The predicted molar refractivity (Wildman–Crippen MR) is 274 cm³/mol. The summed E-state index contributed by atoms with van der Waals surface area (Å²) in [5, 5.41) is 34.9. The minimum Gasteiger partial charge on any atom is -0.507 e. The number of aryl methyl sites for hydroxylation is 1. The standard InChI is InChI=1S/C53H69N9O7S/c1-34(37-20-22-38(23-21-37)48-35(2)55-33-70-48)56-51(67)43-30-40(63)32-62(43)52(68)49(53(3,4)5)57-46(65)16-9-8-10-17-47(66)61(7)28-13-27-60(6)39-24-18-36(19-25-39)26-29-69-45-31-42(58-59-50(45)54)41-14-11-12-15-44(41)64/h11-12,14-15,18-25,31,33-34,40,43,49,63-64H,8-10,13,16-17,26-30,32H2,1-7H3,(H2,54,59)(H,56,67)(H,57,65)/t34-,40+,43-,49+/m0/s1. The molecule has 0 saturated carbocycles. The Hall–Kier alpha value is -6.59. The summed E-state index contributed by atoms with van der Waals surface area (Å²) in [6.45, 7) is 11.2.